The zero-order valence-electron chi connectivity index (χ0n) is 43.9. The van der Waals surface area contributed by atoms with Crippen molar-refractivity contribution >= 4 is 17.9 Å². The maximum atomic E-state index is 12.8. The predicted octanol–water partition coefficient (Wildman–Crippen LogP) is 18.9. The van der Waals surface area contributed by atoms with Crippen LogP contribution in [-0.2, 0) is 28.6 Å². The largest absolute Gasteiger partial charge is 0.462 e. The van der Waals surface area contributed by atoms with Crippen LogP contribution in [0.5, 0.6) is 0 Å². The Morgan fingerprint density at radius 2 is 0.594 bits per heavy atom. The quantitative estimate of drug-likeness (QED) is 0.0344. The van der Waals surface area contributed by atoms with Gasteiger partial charge < -0.3 is 14.2 Å². The molecule has 1 unspecified atom stereocenters. The van der Waals surface area contributed by atoms with Crippen molar-refractivity contribution < 1.29 is 28.6 Å². The molecule has 0 N–H and O–H groups in total. The summed E-state index contributed by atoms with van der Waals surface area (Å²) in [5.41, 5.74) is 0. The van der Waals surface area contributed by atoms with Crippen LogP contribution < -0.4 is 0 Å². The Balaban J connectivity index is 4.17. The molecule has 6 heteroatoms. The first-order chi connectivity index (χ1) is 31.3. The van der Waals surface area contributed by atoms with E-state index in [0.29, 0.717) is 19.3 Å². The van der Waals surface area contributed by atoms with Gasteiger partial charge in [0.1, 0.15) is 13.2 Å². The maximum absolute atomic E-state index is 12.8. The van der Waals surface area contributed by atoms with Gasteiger partial charge in [-0.3, -0.25) is 14.4 Å². The van der Waals surface area contributed by atoms with Gasteiger partial charge in [-0.2, -0.15) is 0 Å². The lowest BCUT2D eigenvalue weighted by molar-refractivity contribution is -0.167. The predicted molar refractivity (Wildman–Crippen MR) is 275 cm³/mol. The molecule has 0 fully saturated rings. The van der Waals surface area contributed by atoms with Gasteiger partial charge in [-0.1, -0.05) is 285 Å². The van der Waals surface area contributed by atoms with E-state index in [1.54, 1.807) is 0 Å². The van der Waals surface area contributed by atoms with Gasteiger partial charge in [-0.25, -0.2) is 0 Å². The van der Waals surface area contributed by atoms with Crippen LogP contribution in [0.15, 0.2) is 0 Å². The molecular formula is C58H112O6. The van der Waals surface area contributed by atoms with E-state index in [-0.39, 0.29) is 31.1 Å². The third-order valence-electron chi connectivity index (χ3n) is 13.6. The summed E-state index contributed by atoms with van der Waals surface area (Å²) in [4.78, 5) is 38.0. The Kier molecular flexibility index (Phi) is 49.6. The molecule has 0 aromatic carbocycles. The summed E-state index contributed by atoms with van der Waals surface area (Å²) in [5.74, 6) is 0.843. The first-order valence-corrected chi connectivity index (χ1v) is 28.8. The van der Waals surface area contributed by atoms with E-state index in [2.05, 4.69) is 34.6 Å². The van der Waals surface area contributed by atoms with Crippen molar-refractivity contribution in [2.24, 2.45) is 11.8 Å². The molecule has 0 radical (unpaired) electrons. The summed E-state index contributed by atoms with van der Waals surface area (Å²) in [6, 6.07) is 0. The van der Waals surface area contributed by atoms with E-state index >= 15 is 0 Å². The Bertz CT molecular complexity index is 980. The van der Waals surface area contributed by atoms with Crippen LogP contribution >= 0.6 is 0 Å². The summed E-state index contributed by atoms with van der Waals surface area (Å²) in [5, 5.41) is 0. The highest BCUT2D eigenvalue weighted by Crippen LogP contribution is 2.18. The van der Waals surface area contributed by atoms with E-state index in [4.69, 9.17) is 14.2 Å². The second kappa shape index (κ2) is 50.8. The van der Waals surface area contributed by atoms with Gasteiger partial charge >= 0.3 is 17.9 Å². The third kappa shape index (κ3) is 49.8. The summed E-state index contributed by atoms with van der Waals surface area (Å²) in [6.45, 7) is 11.4. The third-order valence-corrected chi connectivity index (χ3v) is 13.6. The lowest BCUT2D eigenvalue weighted by atomic mass is 9.99. The monoisotopic (exact) mass is 905 g/mol. The van der Waals surface area contributed by atoms with Crippen LogP contribution in [0.1, 0.15) is 324 Å². The lowest BCUT2D eigenvalue weighted by Gasteiger charge is -2.18. The number of unbranched alkanes of at least 4 members (excludes halogenated alkanes) is 36. The molecule has 0 aromatic heterocycles. The number of ether oxygens (including phenoxy) is 3. The highest BCUT2D eigenvalue weighted by Gasteiger charge is 2.19. The minimum atomic E-state index is -0.762. The molecule has 380 valence electrons. The summed E-state index contributed by atoms with van der Waals surface area (Å²) in [6.07, 6.45) is 53.9. The molecule has 0 amide bonds. The van der Waals surface area contributed by atoms with Crippen molar-refractivity contribution in [2.75, 3.05) is 13.2 Å². The van der Waals surface area contributed by atoms with Gasteiger partial charge in [0.05, 0.1) is 0 Å². The highest BCUT2D eigenvalue weighted by molar-refractivity contribution is 5.71. The molecule has 0 bridgehead atoms. The second-order valence-corrected chi connectivity index (χ2v) is 20.6. The van der Waals surface area contributed by atoms with Gasteiger partial charge in [0.25, 0.3) is 0 Å². The average molecular weight is 906 g/mol. The number of carbonyl (C=O) groups is 3. The van der Waals surface area contributed by atoms with Crippen molar-refractivity contribution in [3.8, 4) is 0 Å². The normalized spacial score (nSPS) is 12.5. The number of hydrogen-bond donors (Lipinski definition) is 0. The number of rotatable bonds is 52. The van der Waals surface area contributed by atoms with E-state index in [9.17, 15) is 14.4 Å². The highest BCUT2D eigenvalue weighted by atomic mass is 16.6. The van der Waals surface area contributed by atoms with Crippen molar-refractivity contribution in [1.29, 1.82) is 0 Å². The van der Waals surface area contributed by atoms with E-state index in [1.165, 1.54) is 212 Å². The smallest absolute Gasteiger partial charge is 0.306 e. The summed E-state index contributed by atoms with van der Waals surface area (Å²) in [7, 11) is 0. The van der Waals surface area contributed by atoms with Crippen LogP contribution in [0.4, 0.5) is 0 Å². The number of hydrogen-bond acceptors (Lipinski definition) is 6. The van der Waals surface area contributed by atoms with Gasteiger partial charge in [-0.05, 0) is 31.1 Å². The fraction of sp³-hybridized carbons (Fsp3) is 0.948. The standard InChI is InChI=1S/C58H112O6/c1-6-8-9-10-11-12-13-14-22-25-28-33-38-43-48-56(59)62-51-55(64-58(61)50-45-40-35-30-31-36-41-46-53(3)4)52-63-57(60)49-44-39-34-29-26-23-20-18-16-15-17-19-21-24-27-32-37-42-47-54(5)7-2/h53-55H,6-52H2,1-5H3/t54?,55-/m0/s1. The molecule has 0 saturated heterocycles. The van der Waals surface area contributed by atoms with E-state index in [0.717, 1.165) is 69.6 Å². The molecule has 2 atom stereocenters. The van der Waals surface area contributed by atoms with Crippen molar-refractivity contribution in [3.63, 3.8) is 0 Å². The molecule has 6 nitrogen and oxygen atoms in total. The fourth-order valence-corrected chi connectivity index (χ4v) is 8.84. The molecule has 0 spiro atoms. The zero-order valence-corrected chi connectivity index (χ0v) is 43.9. The maximum Gasteiger partial charge on any atom is 0.306 e. The molecule has 0 aliphatic carbocycles. The van der Waals surface area contributed by atoms with Crippen LogP contribution in [0.2, 0.25) is 0 Å². The van der Waals surface area contributed by atoms with Crippen LogP contribution in [0.25, 0.3) is 0 Å². The second-order valence-electron chi connectivity index (χ2n) is 20.6. The topological polar surface area (TPSA) is 78.9 Å². The van der Waals surface area contributed by atoms with Crippen LogP contribution in [-0.4, -0.2) is 37.2 Å². The number of esters is 3. The first-order valence-electron chi connectivity index (χ1n) is 28.8. The Morgan fingerprint density at radius 1 is 0.328 bits per heavy atom. The van der Waals surface area contributed by atoms with E-state index < -0.39 is 6.10 Å². The van der Waals surface area contributed by atoms with Gasteiger partial charge in [-0.15, -0.1) is 0 Å². The zero-order chi connectivity index (χ0) is 46.8. The Hall–Kier alpha value is -1.59. The summed E-state index contributed by atoms with van der Waals surface area (Å²) >= 11 is 0. The minimum absolute atomic E-state index is 0.0637. The van der Waals surface area contributed by atoms with Gasteiger partial charge in [0, 0.05) is 19.3 Å². The molecular weight excluding hydrogens is 793 g/mol. The fourth-order valence-electron chi connectivity index (χ4n) is 8.84. The molecule has 0 aliphatic rings. The minimum Gasteiger partial charge on any atom is -0.462 e. The van der Waals surface area contributed by atoms with Crippen molar-refractivity contribution in [2.45, 2.75) is 330 Å². The SMILES string of the molecule is CCCCCCCCCCCCCCCCC(=O)OC[C@@H](COC(=O)CCCCCCCCCCCCCCCCCCCCC(C)CC)OC(=O)CCCCCCCCCC(C)C. The molecule has 0 aromatic rings. The lowest BCUT2D eigenvalue weighted by Crippen LogP contribution is -2.30. The molecule has 64 heavy (non-hydrogen) atoms. The van der Waals surface area contributed by atoms with Crippen molar-refractivity contribution in [1.82, 2.24) is 0 Å². The number of carbonyl (C=O) groups excluding carboxylic acids is 3. The summed E-state index contributed by atoms with van der Waals surface area (Å²) < 4.78 is 16.8. The van der Waals surface area contributed by atoms with E-state index in [1.807, 2.05) is 0 Å². The van der Waals surface area contributed by atoms with Crippen LogP contribution in [0, 0.1) is 11.8 Å². The van der Waals surface area contributed by atoms with Gasteiger partial charge in [0.2, 0.25) is 0 Å². The first kappa shape index (κ1) is 62.4. The van der Waals surface area contributed by atoms with Gasteiger partial charge in [0.15, 0.2) is 6.10 Å². The molecule has 0 heterocycles. The molecule has 0 saturated carbocycles. The average Bonchev–Trinajstić information content (AvgIpc) is 3.28. The Morgan fingerprint density at radius 3 is 0.891 bits per heavy atom. The Labute approximate surface area is 399 Å². The molecule has 0 aliphatic heterocycles. The van der Waals surface area contributed by atoms with Crippen molar-refractivity contribution in [3.05, 3.63) is 0 Å². The van der Waals surface area contributed by atoms with Crippen LogP contribution in [0.3, 0.4) is 0 Å². The molecule has 0 rings (SSSR count).